The summed E-state index contributed by atoms with van der Waals surface area (Å²) in [5, 5.41) is 0.587. The smallest absolute Gasteiger partial charge is 0.138 e. The molecule has 21 heavy (non-hydrogen) atoms. The second kappa shape index (κ2) is 6.78. The Bertz CT molecular complexity index is 673. The lowest BCUT2D eigenvalue weighted by Gasteiger charge is -2.12. The van der Waals surface area contributed by atoms with Gasteiger partial charge in [0, 0.05) is 0 Å². The van der Waals surface area contributed by atoms with E-state index in [9.17, 15) is 0 Å². The largest absolute Gasteiger partial charge is 0.496 e. The molecule has 2 aromatic rings. The third-order valence-electron chi connectivity index (χ3n) is 3.01. The Morgan fingerprint density at radius 2 is 1.95 bits per heavy atom. The SMILES string of the molecule is COc1ccc(COc2cc(C)ccc2Cl)cc1C(N)=S. The van der Waals surface area contributed by atoms with Gasteiger partial charge >= 0.3 is 0 Å². The molecule has 0 radical (unpaired) electrons. The number of nitrogens with two attached hydrogens (primary N) is 1. The topological polar surface area (TPSA) is 44.5 Å². The lowest BCUT2D eigenvalue weighted by molar-refractivity contribution is 0.306. The van der Waals surface area contributed by atoms with Gasteiger partial charge < -0.3 is 15.2 Å². The van der Waals surface area contributed by atoms with E-state index in [-0.39, 0.29) is 0 Å². The van der Waals surface area contributed by atoms with E-state index in [4.69, 9.17) is 39.0 Å². The molecule has 110 valence electrons. The van der Waals surface area contributed by atoms with E-state index < -0.39 is 0 Å². The first kappa shape index (κ1) is 15.6. The van der Waals surface area contributed by atoms with E-state index in [1.807, 2.05) is 43.3 Å². The van der Waals surface area contributed by atoms with E-state index in [1.165, 1.54) is 0 Å². The van der Waals surface area contributed by atoms with Gasteiger partial charge in [0.25, 0.3) is 0 Å². The predicted octanol–water partition coefficient (Wildman–Crippen LogP) is 3.87. The quantitative estimate of drug-likeness (QED) is 0.849. The molecule has 0 amide bonds. The molecule has 0 aliphatic carbocycles. The molecule has 0 bridgehead atoms. The van der Waals surface area contributed by atoms with Crippen molar-refractivity contribution in [2.24, 2.45) is 5.73 Å². The Labute approximate surface area is 134 Å². The van der Waals surface area contributed by atoms with Crippen molar-refractivity contribution in [3.8, 4) is 11.5 Å². The van der Waals surface area contributed by atoms with Crippen LogP contribution in [0.25, 0.3) is 0 Å². The second-order valence-electron chi connectivity index (χ2n) is 4.62. The Morgan fingerprint density at radius 3 is 2.62 bits per heavy atom. The van der Waals surface area contributed by atoms with Gasteiger partial charge in [0.2, 0.25) is 0 Å². The number of benzene rings is 2. The third-order valence-corrected chi connectivity index (χ3v) is 3.54. The van der Waals surface area contributed by atoms with Gasteiger partial charge in [0.05, 0.1) is 17.7 Å². The fraction of sp³-hybridized carbons (Fsp3) is 0.188. The molecular formula is C16H16ClNO2S. The first-order chi connectivity index (χ1) is 10.0. The van der Waals surface area contributed by atoms with Crippen molar-refractivity contribution in [3.63, 3.8) is 0 Å². The highest BCUT2D eigenvalue weighted by Crippen LogP contribution is 2.27. The molecule has 0 spiro atoms. The summed E-state index contributed by atoms with van der Waals surface area (Å²) in [6.45, 7) is 2.37. The summed E-state index contributed by atoms with van der Waals surface area (Å²) in [6, 6.07) is 11.3. The minimum absolute atomic E-state index is 0.294. The number of rotatable bonds is 5. The van der Waals surface area contributed by atoms with Crippen molar-refractivity contribution in [2.45, 2.75) is 13.5 Å². The van der Waals surface area contributed by atoms with Crippen LogP contribution in [0.2, 0.25) is 5.02 Å². The van der Waals surface area contributed by atoms with Crippen LogP contribution in [0, 0.1) is 6.92 Å². The standard InChI is InChI=1S/C16H16ClNO2S/c1-10-3-5-13(17)15(7-10)20-9-11-4-6-14(19-2)12(8-11)16(18)21/h3-8H,9H2,1-2H3,(H2,18,21). The van der Waals surface area contributed by atoms with Gasteiger partial charge in [-0.05, 0) is 42.3 Å². The molecule has 2 N–H and O–H groups in total. The average Bonchev–Trinajstić information content (AvgIpc) is 2.47. The predicted molar refractivity (Wildman–Crippen MR) is 89.4 cm³/mol. The Hall–Kier alpha value is -1.78. The summed E-state index contributed by atoms with van der Waals surface area (Å²) >= 11 is 11.1. The summed E-state index contributed by atoms with van der Waals surface area (Å²) in [7, 11) is 1.58. The fourth-order valence-corrected chi connectivity index (χ4v) is 2.25. The van der Waals surface area contributed by atoms with Gasteiger partial charge in [0.1, 0.15) is 23.1 Å². The van der Waals surface area contributed by atoms with Crippen molar-refractivity contribution in [1.82, 2.24) is 0 Å². The number of ether oxygens (including phenoxy) is 2. The molecule has 0 aliphatic heterocycles. The summed E-state index contributed by atoms with van der Waals surface area (Å²) in [5.41, 5.74) is 8.43. The molecule has 0 aliphatic rings. The maximum Gasteiger partial charge on any atom is 0.138 e. The lowest BCUT2D eigenvalue weighted by atomic mass is 10.1. The molecule has 0 atom stereocenters. The zero-order valence-electron chi connectivity index (χ0n) is 11.9. The highest BCUT2D eigenvalue weighted by molar-refractivity contribution is 7.80. The van der Waals surface area contributed by atoms with E-state index in [0.29, 0.717) is 33.7 Å². The summed E-state index contributed by atoms with van der Waals surface area (Å²) in [4.78, 5) is 0.294. The van der Waals surface area contributed by atoms with Crippen LogP contribution < -0.4 is 15.2 Å². The number of hydrogen-bond donors (Lipinski definition) is 1. The molecule has 2 rings (SSSR count). The number of halogens is 1. The average molecular weight is 322 g/mol. The lowest BCUT2D eigenvalue weighted by Crippen LogP contribution is -2.12. The maximum atomic E-state index is 6.11. The van der Waals surface area contributed by atoms with Crippen LogP contribution in [-0.2, 0) is 6.61 Å². The van der Waals surface area contributed by atoms with E-state index in [1.54, 1.807) is 7.11 Å². The summed E-state index contributed by atoms with van der Waals surface area (Å²) in [6.07, 6.45) is 0. The molecule has 0 fully saturated rings. The van der Waals surface area contributed by atoms with Crippen molar-refractivity contribution in [3.05, 3.63) is 58.1 Å². The van der Waals surface area contributed by atoms with Gasteiger partial charge in [-0.1, -0.05) is 36.0 Å². The number of thiocarbonyl (C=S) groups is 1. The monoisotopic (exact) mass is 321 g/mol. The molecule has 2 aromatic carbocycles. The number of aryl methyl sites for hydroxylation is 1. The third kappa shape index (κ3) is 3.86. The summed E-state index contributed by atoms with van der Waals surface area (Å²) in [5.74, 6) is 1.31. The van der Waals surface area contributed by atoms with Crippen molar-refractivity contribution >= 4 is 28.8 Å². The van der Waals surface area contributed by atoms with Crippen LogP contribution >= 0.6 is 23.8 Å². The van der Waals surface area contributed by atoms with Crippen molar-refractivity contribution in [2.75, 3.05) is 7.11 Å². The Kier molecular flexibility index (Phi) is 5.04. The Balaban J connectivity index is 2.18. The van der Waals surface area contributed by atoms with Gasteiger partial charge in [0.15, 0.2) is 0 Å². The van der Waals surface area contributed by atoms with Gasteiger partial charge in [-0.25, -0.2) is 0 Å². The highest BCUT2D eigenvalue weighted by Gasteiger charge is 2.08. The minimum atomic E-state index is 0.294. The molecule has 0 saturated heterocycles. The maximum absolute atomic E-state index is 6.11. The molecular weight excluding hydrogens is 306 g/mol. The van der Waals surface area contributed by atoms with E-state index >= 15 is 0 Å². The van der Waals surface area contributed by atoms with Crippen molar-refractivity contribution < 1.29 is 9.47 Å². The van der Waals surface area contributed by atoms with Crippen LogP contribution in [-0.4, -0.2) is 12.1 Å². The first-order valence-electron chi connectivity index (χ1n) is 6.37. The van der Waals surface area contributed by atoms with Gasteiger partial charge in [-0.15, -0.1) is 0 Å². The van der Waals surface area contributed by atoms with Crippen LogP contribution in [0.4, 0.5) is 0 Å². The number of methoxy groups -OCH3 is 1. The van der Waals surface area contributed by atoms with Gasteiger partial charge in [-0.3, -0.25) is 0 Å². The minimum Gasteiger partial charge on any atom is -0.496 e. The van der Waals surface area contributed by atoms with Crippen LogP contribution in [0.15, 0.2) is 36.4 Å². The molecule has 0 heterocycles. The summed E-state index contributed by atoms with van der Waals surface area (Å²) < 4.78 is 11.0. The molecule has 0 saturated carbocycles. The van der Waals surface area contributed by atoms with E-state index in [0.717, 1.165) is 11.1 Å². The van der Waals surface area contributed by atoms with Gasteiger partial charge in [-0.2, -0.15) is 0 Å². The second-order valence-corrected chi connectivity index (χ2v) is 5.47. The van der Waals surface area contributed by atoms with Crippen LogP contribution in [0.3, 0.4) is 0 Å². The molecule has 0 unspecified atom stereocenters. The molecule has 5 heteroatoms. The fourth-order valence-electron chi connectivity index (χ4n) is 1.92. The highest BCUT2D eigenvalue weighted by atomic mass is 35.5. The Morgan fingerprint density at radius 1 is 1.19 bits per heavy atom. The zero-order chi connectivity index (χ0) is 15.4. The zero-order valence-corrected chi connectivity index (χ0v) is 13.4. The molecule has 3 nitrogen and oxygen atoms in total. The first-order valence-corrected chi connectivity index (χ1v) is 7.15. The normalized spacial score (nSPS) is 10.2. The number of hydrogen-bond acceptors (Lipinski definition) is 3. The molecule has 0 aromatic heterocycles. The van der Waals surface area contributed by atoms with Crippen molar-refractivity contribution in [1.29, 1.82) is 0 Å². The van der Waals surface area contributed by atoms with Crippen LogP contribution in [0.1, 0.15) is 16.7 Å². The van der Waals surface area contributed by atoms with E-state index in [2.05, 4.69) is 0 Å². The van der Waals surface area contributed by atoms with Crippen LogP contribution in [0.5, 0.6) is 11.5 Å².